The van der Waals surface area contributed by atoms with Crippen LogP contribution in [-0.2, 0) is 0 Å². The van der Waals surface area contributed by atoms with Crippen molar-refractivity contribution in [3.8, 4) is 55.2 Å². The second-order valence-corrected chi connectivity index (χ2v) is 17.1. The molecular weight excluding hydrogens is 721 g/mol. The zero-order valence-corrected chi connectivity index (χ0v) is 36.2. The summed E-state index contributed by atoms with van der Waals surface area (Å²) in [5.74, 6) is 1.85. The van der Waals surface area contributed by atoms with Crippen LogP contribution in [0.15, 0.2) is 72.8 Å². The van der Waals surface area contributed by atoms with E-state index in [2.05, 4.69) is 107 Å². The standard InChI is InChI=1S/C50H72N4O2S/c1-3-5-7-9-11-13-15-17-19-21-23-25-37-55-43-31-27-41(28-32-43)45-39-47(53-51-45)49-35-36-50(57-49)48-40-46(52-54-48)42-29-33-44(34-30-42)56-38-26-24-22-20-18-16-14-12-10-8-6-4-2/h27-36,39-40H,3-26,37-38H2,1-2H3,(H,51,53)(H,52,54). The highest BCUT2D eigenvalue weighted by molar-refractivity contribution is 7.18. The van der Waals surface area contributed by atoms with Crippen LogP contribution in [0, 0.1) is 0 Å². The van der Waals surface area contributed by atoms with Gasteiger partial charge in [0.2, 0.25) is 0 Å². The number of nitrogens with zero attached hydrogens (tertiary/aromatic N) is 2. The van der Waals surface area contributed by atoms with Crippen LogP contribution >= 0.6 is 11.3 Å². The van der Waals surface area contributed by atoms with E-state index in [1.165, 1.54) is 141 Å². The Bertz CT molecular complexity index is 1610. The van der Waals surface area contributed by atoms with Gasteiger partial charge in [-0.05, 0) is 85.6 Å². The van der Waals surface area contributed by atoms with Crippen LogP contribution in [0.1, 0.15) is 168 Å². The molecule has 57 heavy (non-hydrogen) atoms. The summed E-state index contributed by atoms with van der Waals surface area (Å²) >= 11 is 1.72. The van der Waals surface area contributed by atoms with E-state index in [1.807, 2.05) is 0 Å². The highest BCUT2D eigenvalue weighted by Crippen LogP contribution is 2.36. The Labute approximate surface area is 349 Å². The second kappa shape index (κ2) is 27.0. The summed E-state index contributed by atoms with van der Waals surface area (Å²) in [7, 11) is 0. The maximum Gasteiger partial charge on any atom is 0.119 e. The van der Waals surface area contributed by atoms with Crippen molar-refractivity contribution >= 4 is 11.3 Å². The molecule has 6 nitrogen and oxygen atoms in total. The van der Waals surface area contributed by atoms with Crippen LogP contribution in [0.2, 0.25) is 0 Å². The lowest BCUT2D eigenvalue weighted by Gasteiger charge is -2.07. The molecule has 5 rings (SSSR count). The van der Waals surface area contributed by atoms with Crippen molar-refractivity contribution in [3.63, 3.8) is 0 Å². The van der Waals surface area contributed by atoms with E-state index in [4.69, 9.17) is 9.47 Å². The van der Waals surface area contributed by atoms with Gasteiger partial charge < -0.3 is 9.47 Å². The van der Waals surface area contributed by atoms with Gasteiger partial charge in [-0.15, -0.1) is 11.3 Å². The van der Waals surface area contributed by atoms with Gasteiger partial charge in [-0.3, -0.25) is 10.2 Å². The van der Waals surface area contributed by atoms with E-state index in [9.17, 15) is 0 Å². The first-order valence-electron chi connectivity index (χ1n) is 22.9. The summed E-state index contributed by atoms with van der Waals surface area (Å²) in [6, 6.07) is 25.2. The first-order valence-corrected chi connectivity index (χ1v) is 23.7. The molecule has 0 unspecified atom stereocenters. The minimum atomic E-state index is 0.780. The highest BCUT2D eigenvalue weighted by Gasteiger charge is 2.12. The monoisotopic (exact) mass is 793 g/mol. The van der Waals surface area contributed by atoms with Gasteiger partial charge in [0.25, 0.3) is 0 Å². The summed E-state index contributed by atoms with van der Waals surface area (Å²) in [6.07, 6.45) is 32.5. The van der Waals surface area contributed by atoms with Crippen molar-refractivity contribution in [1.29, 1.82) is 0 Å². The quantitative estimate of drug-likeness (QED) is 0.0425. The lowest BCUT2D eigenvalue weighted by molar-refractivity contribution is 0.304. The Balaban J connectivity index is 0.959. The summed E-state index contributed by atoms with van der Waals surface area (Å²) in [5.41, 5.74) is 6.02. The van der Waals surface area contributed by atoms with Gasteiger partial charge in [-0.25, -0.2) is 0 Å². The number of rotatable bonds is 32. The first kappa shape index (κ1) is 44.3. The number of hydrogen-bond acceptors (Lipinski definition) is 5. The van der Waals surface area contributed by atoms with E-state index in [0.29, 0.717) is 0 Å². The molecule has 7 heteroatoms. The number of nitrogens with one attached hydrogen (secondary N) is 2. The van der Waals surface area contributed by atoms with Crippen LogP contribution in [0.25, 0.3) is 43.7 Å². The van der Waals surface area contributed by atoms with Gasteiger partial charge in [0.05, 0.1) is 45.7 Å². The number of aromatic nitrogens is 4. The topological polar surface area (TPSA) is 75.8 Å². The molecule has 2 N–H and O–H groups in total. The van der Waals surface area contributed by atoms with E-state index in [0.717, 1.165) is 81.2 Å². The van der Waals surface area contributed by atoms with Crippen molar-refractivity contribution in [2.24, 2.45) is 0 Å². The Morgan fingerprint density at radius 1 is 0.404 bits per heavy atom. The van der Waals surface area contributed by atoms with Crippen molar-refractivity contribution in [2.75, 3.05) is 13.2 Å². The number of H-pyrrole nitrogens is 2. The second-order valence-electron chi connectivity index (χ2n) is 16.0. The smallest absolute Gasteiger partial charge is 0.119 e. The molecule has 3 aromatic heterocycles. The number of unbranched alkanes of at least 4 members (excludes halogenated alkanes) is 22. The van der Waals surface area contributed by atoms with Gasteiger partial charge in [0.15, 0.2) is 0 Å². The number of ether oxygens (including phenoxy) is 2. The fourth-order valence-corrected chi connectivity index (χ4v) is 8.47. The summed E-state index contributed by atoms with van der Waals surface area (Å²) in [5, 5.41) is 15.8. The van der Waals surface area contributed by atoms with Gasteiger partial charge in [-0.1, -0.05) is 155 Å². The number of aromatic amines is 2. The molecule has 5 aromatic rings. The lowest BCUT2D eigenvalue weighted by Crippen LogP contribution is -1.97. The predicted octanol–water partition coefficient (Wildman–Crippen LogP) is 16.0. The summed E-state index contributed by atoms with van der Waals surface area (Å²) in [4.78, 5) is 2.27. The maximum absolute atomic E-state index is 6.05. The molecule has 0 saturated heterocycles. The SMILES string of the molecule is CCCCCCCCCCCCCCOc1ccc(-c2cc(-c3ccc(-c4cc(-c5ccc(OCCCCCCCCCCCCCC)cc5)n[nH]4)s3)[nH]n2)cc1. The van der Waals surface area contributed by atoms with E-state index in [1.54, 1.807) is 11.3 Å². The molecule has 0 fully saturated rings. The Morgan fingerprint density at radius 2 is 0.719 bits per heavy atom. The summed E-state index contributed by atoms with van der Waals surface area (Å²) < 4.78 is 12.1. The van der Waals surface area contributed by atoms with Crippen molar-refractivity contribution < 1.29 is 9.47 Å². The fourth-order valence-electron chi connectivity index (χ4n) is 7.53. The van der Waals surface area contributed by atoms with Crippen LogP contribution in [0.5, 0.6) is 11.5 Å². The van der Waals surface area contributed by atoms with E-state index >= 15 is 0 Å². The Hall–Kier alpha value is -3.84. The third-order valence-electron chi connectivity index (χ3n) is 11.1. The molecule has 2 aromatic carbocycles. The molecule has 0 aliphatic heterocycles. The van der Waals surface area contributed by atoms with Gasteiger partial charge in [0, 0.05) is 11.1 Å². The molecule has 0 bridgehead atoms. The minimum Gasteiger partial charge on any atom is -0.494 e. The molecule has 0 aliphatic rings. The van der Waals surface area contributed by atoms with Crippen LogP contribution in [-0.4, -0.2) is 33.6 Å². The molecule has 310 valence electrons. The highest BCUT2D eigenvalue weighted by atomic mass is 32.1. The molecule has 0 atom stereocenters. The van der Waals surface area contributed by atoms with Crippen LogP contribution < -0.4 is 9.47 Å². The molecule has 3 heterocycles. The number of hydrogen-bond donors (Lipinski definition) is 2. The average molecular weight is 793 g/mol. The Kier molecular flexibility index (Phi) is 20.9. The lowest BCUT2D eigenvalue weighted by atomic mass is 10.1. The Morgan fingerprint density at radius 3 is 1.05 bits per heavy atom. The van der Waals surface area contributed by atoms with Crippen molar-refractivity contribution in [2.45, 2.75) is 168 Å². The first-order chi connectivity index (χ1) is 28.2. The van der Waals surface area contributed by atoms with Crippen molar-refractivity contribution in [3.05, 3.63) is 72.8 Å². The van der Waals surface area contributed by atoms with E-state index < -0.39 is 0 Å². The number of benzene rings is 2. The third-order valence-corrected chi connectivity index (χ3v) is 12.3. The zero-order chi connectivity index (χ0) is 39.6. The van der Waals surface area contributed by atoms with Crippen LogP contribution in [0.3, 0.4) is 0 Å². The largest absolute Gasteiger partial charge is 0.494 e. The summed E-state index contributed by atoms with van der Waals surface area (Å²) in [6.45, 7) is 6.13. The van der Waals surface area contributed by atoms with Crippen LogP contribution in [0.4, 0.5) is 0 Å². The van der Waals surface area contributed by atoms with Gasteiger partial charge >= 0.3 is 0 Å². The number of thiophene rings is 1. The van der Waals surface area contributed by atoms with E-state index in [-0.39, 0.29) is 0 Å². The minimum absolute atomic E-state index is 0.780. The van der Waals surface area contributed by atoms with Gasteiger partial charge in [-0.2, -0.15) is 10.2 Å². The molecule has 0 spiro atoms. The normalized spacial score (nSPS) is 11.4. The molecule has 0 saturated carbocycles. The molecular formula is C50H72N4O2S. The van der Waals surface area contributed by atoms with Gasteiger partial charge in [0.1, 0.15) is 11.5 Å². The third kappa shape index (κ3) is 16.5. The molecule has 0 aliphatic carbocycles. The zero-order valence-electron chi connectivity index (χ0n) is 35.4. The maximum atomic E-state index is 6.05. The fraction of sp³-hybridized carbons (Fsp3) is 0.560. The molecule has 0 radical (unpaired) electrons. The predicted molar refractivity (Wildman–Crippen MR) is 244 cm³/mol. The molecule has 0 amide bonds. The average Bonchev–Trinajstić information content (AvgIpc) is 4.04. The van der Waals surface area contributed by atoms with Crippen molar-refractivity contribution in [1.82, 2.24) is 20.4 Å².